The number of carbonyl (C=O) groups excluding carboxylic acids is 2. The molecule has 188 valence electrons. The fourth-order valence-electron chi connectivity index (χ4n) is 3.31. The Morgan fingerprint density at radius 2 is 2.25 bits per heavy atom. The van der Waals surface area contributed by atoms with Crippen LogP contribution in [0.5, 0.6) is 0 Å². The van der Waals surface area contributed by atoms with E-state index < -0.39 is 29.2 Å². The van der Waals surface area contributed by atoms with Crippen molar-refractivity contribution in [2.75, 3.05) is 18.1 Å². The smallest absolute Gasteiger partial charge is 0.353 e. The third kappa shape index (κ3) is 5.37. The molecular formula is C21H21N7O5S3. The van der Waals surface area contributed by atoms with Crippen LogP contribution in [-0.2, 0) is 19.2 Å². The molecule has 2 aromatic heterocycles. The number of oxime groups is 1. The van der Waals surface area contributed by atoms with E-state index in [1.54, 1.807) is 18.5 Å². The Morgan fingerprint density at radius 1 is 1.44 bits per heavy atom. The second-order valence-electron chi connectivity index (χ2n) is 7.41. The number of thioether (sulfide) groups is 2. The molecule has 2 aliphatic heterocycles. The Labute approximate surface area is 218 Å². The molecule has 0 aliphatic carbocycles. The van der Waals surface area contributed by atoms with Crippen LogP contribution in [0, 0.1) is 6.92 Å². The number of aromatic nitrogens is 3. The van der Waals surface area contributed by atoms with Gasteiger partial charge in [-0.1, -0.05) is 23.0 Å². The van der Waals surface area contributed by atoms with E-state index in [4.69, 9.17) is 10.6 Å². The minimum Gasteiger partial charge on any atom is -0.477 e. The van der Waals surface area contributed by atoms with Crippen molar-refractivity contribution in [2.24, 2.45) is 5.16 Å². The average molecular weight is 548 g/mol. The number of fused-ring (bicyclic) bond motifs is 1. The standard InChI is InChI=1S/C21H21N7O5S3/c1-3-33-26-13(16-25-21(22)36-27-16)17(29)24-14-18(30)28-15(20(31)32)12(9-35-19(14)28)34-7-6-11-5-4-10(2)23-8-11/h4-8,14,19H,3,9H2,1-2H3,(H,24,29)(H,31,32)(H2,22,25,27)/b7-6-,26-13+/t14?,19-/m1/s1. The number of pyridine rings is 1. The highest BCUT2D eigenvalue weighted by Gasteiger charge is 2.54. The first-order chi connectivity index (χ1) is 17.3. The number of amides is 2. The van der Waals surface area contributed by atoms with E-state index in [1.807, 2.05) is 25.1 Å². The number of carboxylic acid groups (broad SMARTS) is 1. The summed E-state index contributed by atoms with van der Waals surface area (Å²) in [6.07, 6.45) is 3.54. The van der Waals surface area contributed by atoms with Crippen LogP contribution < -0.4 is 11.1 Å². The number of β-lactam (4-membered cyclic amide) rings is 1. The van der Waals surface area contributed by atoms with Gasteiger partial charge in [-0.25, -0.2) is 4.79 Å². The van der Waals surface area contributed by atoms with Crippen molar-refractivity contribution >= 4 is 69.8 Å². The molecule has 0 bridgehead atoms. The van der Waals surface area contributed by atoms with Gasteiger partial charge in [0.2, 0.25) is 11.5 Å². The zero-order valence-corrected chi connectivity index (χ0v) is 21.5. The van der Waals surface area contributed by atoms with Gasteiger partial charge in [0.1, 0.15) is 23.7 Å². The van der Waals surface area contributed by atoms with Crippen LogP contribution in [0.2, 0.25) is 0 Å². The van der Waals surface area contributed by atoms with Gasteiger partial charge in [-0.15, -0.1) is 11.8 Å². The monoisotopic (exact) mass is 547 g/mol. The zero-order valence-electron chi connectivity index (χ0n) is 19.1. The van der Waals surface area contributed by atoms with E-state index in [1.165, 1.54) is 28.4 Å². The molecular weight excluding hydrogens is 526 g/mol. The quantitative estimate of drug-likeness (QED) is 0.237. The summed E-state index contributed by atoms with van der Waals surface area (Å²) in [6.45, 7) is 3.78. The predicted octanol–water partition coefficient (Wildman–Crippen LogP) is 1.66. The largest absolute Gasteiger partial charge is 0.477 e. The summed E-state index contributed by atoms with van der Waals surface area (Å²) in [5, 5.41) is 17.5. The van der Waals surface area contributed by atoms with Crippen LogP contribution in [-0.4, -0.2) is 71.6 Å². The van der Waals surface area contributed by atoms with E-state index in [0.29, 0.717) is 10.7 Å². The SMILES string of the molecule is CCO/N=C(/C(=O)NC1C(=O)N2C(C(=O)O)=C(S/C=C\c3ccc(C)nc3)CS[C@H]12)c1nsc(N)n1. The fraction of sp³-hybridized carbons (Fsp3) is 0.286. The Hall–Kier alpha value is -3.43. The van der Waals surface area contributed by atoms with Crippen LogP contribution in [0.15, 0.2) is 39.5 Å². The summed E-state index contributed by atoms with van der Waals surface area (Å²) in [4.78, 5) is 52.8. The minimum absolute atomic E-state index is 0.0243. The molecule has 15 heteroatoms. The van der Waals surface area contributed by atoms with Crippen LogP contribution in [0.25, 0.3) is 6.08 Å². The van der Waals surface area contributed by atoms with Crippen LogP contribution in [0.4, 0.5) is 5.13 Å². The van der Waals surface area contributed by atoms with Gasteiger partial charge < -0.3 is 21.0 Å². The molecule has 1 fully saturated rings. The number of nitrogens with one attached hydrogen (secondary N) is 1. The lowest BCUT2D eigenvalue weighted by Crippen LogP contribution is -2.71. The van der Waals surface area contributed by atoms with Crippen molar-refractivity contribution in [1.82, 2.24) is 24.6 Å². The van der Waals surface area contributed by atoms with Crippen LogP contribution in [0.1, 0.15) is 24.0 Å². The lowest BCUT2D eigenvalue weighted by Gasteiger charge is -2.49. The van der Waals surface area contributed by atoms with Gasteiger partial charge in [-0.2, -0.15) is 9.36 Å². The number of hydrogen-bond donors (Lipinski definition) is 3. The van der Waals surface area contributed by atoms with Crippen molar-refractivity contribution in [3.63, 3.8) is 0 Å². The molecule has 0 saturated carbocycles. The highest BCUT2D eigenvalue weighted by atomic mass is 32.2. The Bertz CT molecular complexity index is 1270. The van der Waals surface area contributed by atoms with Crippen molar-refractivity contribution in [1.29, 1.82) is 0 Å². The predicted molar refractivity (Wildman–Crippen MR) is 138 cm³/mol. The molecule has 4 heterocycles. The maximum Gasteiger partial charge on any atom is 0.353 e. The number of anilines is 1. The molecule has 12 nitrogen and oxygen atoms in total. The second-order valence-corrected chi connectivity index (χ2v) is 10.3. The van der Waals surface area contributed by atoms with Gasteiger partial charge >= 0.3 is 5.97 Å². The number of nitrogens with two attached hydrogens (primary N) is 1. The normalized spacial score (nSPS) is 19.8. The lowest BCUT2D eigenvalue weighted by atomic mass is 10.0. The summed E-state index contributed by atoms with van der Waals surface area (Å²) in [5.74, 6) is -2.15. The summed E-state index contributed by atoms with van der Waals surface area (Å²) in [5.41, 5.74) is 7.05. The molecule has 2 atom stereocenters. The van der Waals surface area contributed by atoms with Gasteiger partial charge in [0.05, 0.1) is 0 Å². The molecule has 2 aromatic rings. The number of hydrogen-bond acceptors (Lipinski definition) is 12. The molecule has 4 rings (SSSR count). The third-order valence-corrected chi connectivity index (χ3v) is 7.88. The van der Waals surface area contributed by atoms with Gasteiger partial charge in [0, 0.05) is 34.1 Å². The number of aliphatic carboxylic acids is 1. The van der Waals surface area contributed by atoms with Gasteiger partial charge in [0.15, 0.2) is 5.13 Å². The Morgan fingerprint density at radius 3 is 2.89 bits per heavy atom. The fourth-order valence-corrected chi connectivity index (χ4v) is 6.10. The number of carbonyl (C=O) groups is 3. The van der Waals surface area contributed by atoms with Gasteiger partial charge in [0.25, 0.3) is 11.8 Å². The van der Waals surface area contributed by atoms with Crippen molar-refractivity contribution in [3.8, 4) is 0 Å². The number of nitrogens with zero attached hydrogens (tertiary/aromatic N) is 5. The average Bonchev–Trinajstić information content (AvgIpc) is 3.29. The molecule has 1 saturated heterocycles. The Balaban J connectivity index is 1.48. The minimum atomic E-state index is -1.22. The van der Waals surface area contributed by atoms with E-state index in [0.717, 1.165) is 22.8 Å². The summed E-state index contributed by atoms with van der Waals surface area (Å²) >= 11 is 3.47. The Kier molecular flexibility index (Phi) is 7.91. The van der Waals surface area contributed by atoms with Crippen molar-refractivity contribution in [2.45, 2.75) is 25.3 Å². The zero-order chi connectivity index (χ0) is 25.8. The lowest BCUT2D eigenvalue weighted by molar-refractivity contribution is -0.150. The van der Waals surface area contributed by atoms with Crippen molar-refractivity contribution in [3.05, 3.63) is 51.4 Å². The number of carboxylic acids is 1. The topological polar surface area (TPSA) is 173 Å². The molecule has 1 unspecified atom stereocenters. The second kappa shape index (κ2) is 11.1. The van der Waals surface area contributed by atoms with Crippen LogP contribution in [0.3, 0.4) is 0 Å². The molecule has 0 radical (unpaired) electrons. The molecule has 0 aromatic carbocycles. The molecule has 36 heavy (non-hydrogen) atoms. The first kappa shape index (κ1) is 25.7. The highest BCUT2D eigenvalue weighted by molar-refractivity contribution is 8.08. The third-order valence-electron chi connectivity index (χ3n) is 4.98. The van der Waals surface area contributed by atoms with E-state index in [-0.39, 0.29) is 29.0 Å². The van der Waals surface area contributed by atoms with E-state index >= 15 is 0 Å². The first-order valence-corrected chi connectivity index (χ1v) is 13.3. The summed E-state index contributed by atoms with van der Waals surface area (Å²) in [6, 6.07) is 2.84. The number of nitrogen functional groups attached to an aromatic ring is 1. The highest BCUT2D eigenvalue weighted by Crippen LogP contribution is 2.43. The maximum absolute atomic E-state index is 12.9. The van der Waals surface area contributed by atoms with Gasteiger partial charge in [-0.05, 0) is 37.0 Å². The summed E-state index contributed by atoms with van der Waals surface area (Å²) in [7, 11) is 0. The van der Waals surface area contributed by atoms with E-state index in [2.05, 4.69) is 24.8 Å². The van der Waals surface area contributed by atoms with Gasteiger partial charge in [-0.3, -0.25) is 19.5 Å². The first-order valence-electron chi connectivity index (χ1n) is 10.6. The molecule has 2 amide bonds. The number of aryl methyl sites for hydroxylation is 1. The molecule has 2 aliphatic rings. The maximum atomic E-state index is 12.9. The number of rotatable bonds is 9. The molecule has 4 N–H and O–H groups in total. The van der Waals surface area contributed by atoms with Crippen molar-refractivity contribution < 1.29 is 24.3 Å². The van der Waals surface area contributed by atoms with Crippen LogP contribution >= 0.6 is 35.1 Å². The summed E-state index contributed by atoms with van der Waals surface area (Å²) < 4.78 is 3.98. The van der Waals surface area contributed by atoms with E-state index in [9.17, 15) is 19.5 Å². The molecule has 0 spiro atoms.